The SMILES string of the molecule is COc1cc2c(N=O)c[nH]c(=O)c2cc1OC. The van der Waals surface area contributed by atoms with Crippen LogP contribution in [-0.4, -0.2) is 19.2 Å². The van der Waals surface area contributed by atoms with Gasteiger partial charge >= 0.3 is 0 Å². The Kier molecular flexibility index (Phi) is 2.78. The summed E-state index contributed by atoms with van der Waals surface area (Å²) in [5.74, 6) is 0.865. The molecule has 0 aliphatic rings. The highest BCUT2D eigenvalue weighted by molar-refractivity contribution is 5.93. The Morgan fingerprint density at radius 3 is 2.24 bits per heavy atom. The van der Waals surface area contributed by atoms with Crippen LogP contribution in [0.25, 0.3) is 10.8 Å². The molecule has 0 radical (unpaired) electrons. The molecule has 0 unspecified atom stereocenters. The molecule has 6 heteroatoms. The lowest BCUT2D eigenvalue weighted by atomic mass is 10.1. The van der Waals surface area contributed by atoms with Crippen LogP contribution in [0.1, 0.15) is 0 Å². The van der Waals surface area contributed by atoms with E-state index in [1.807, 2.05) is 0 Å². The number of pyridine rings is 1. The Morgan fingerprint density at radius 2 is 1.71 bits per heavy atom. The van der Waals surface area contributed by atoms with Crippen LogP contribution in [-0.2, 0) is 0 Å². The zero-order valence-electron chi connectivity index (χ0n) is 9.31. The first kappa shape index (κ1) is 11.1. The number of hydrogen-bond donors (Lipinski definition) is 1. The summed E-state index contributed by atoms with van der Waals surface area (Å²) in [6.07, 6.45) is 1.27. The zero-order chi connectivity index (χ0) is 12.4. The summed E-state index contributed by atoms with van der Waals surface area (Å²) in [6, 6.07) is 3.07. The fourth-order valence-corrected chi connectivity index (χ4v) is 1.64. The van der Waals surface area contributed by atoms with E-state index in [1.165, 1.54) is 26.5 Å². The minimum atomic E-state index is -0.312. The van der Waals surface area contributed by atoms with E-state index >= 15 is 0 Å². The molecule has 0 amide bonds. The Hall–Kier alpha value is -2.37. The molecule has 17 heavy (non-hydrogen) atoms. The average molecular weight is 234 g/mol. The van der Waals surface area contributed by atoms with E-state index in [0.29, 0.717) is 22.3 Å². The maximum absolute atomic E-state index is 11.6. The Bertz CT molecular complexity index is 633. The highest BCUT2D eigenvalue weighted by atomic mass is 16.5. The standard InChI is InChI=1S/C11H10N2O4/c1-16-9-3-6-7(4-10(9)17-2)11(14)12-5-8(6)13-15/h3-5H,1-2H3,(H,12,14). The molecular weight excluding hydrogens is 224 g/mol. The number of aromatic amines is 1. The number of fused-ring (bicyclic) bond motifs is 1. The Morgan fingerprint density at radius 1 is 1.12 bits per heavy atom. The number of nitroso groups, excluding NO2 is 1. The van der Waals surface area contributed by atoms with Crippen molar-refractivity contribution in [2.24, 2.45) is 5.18 Å². The first-order valence-corrected chi connectivity index (χ1v) is 4.82. The number of hydrogen-bond acceptors (Lipinski definition) is 5. The van der Waals surface area contributed by atoms with Gasteiger partial charge in [0, 0.05) is 11.6 Å². The summed E-state index contributed by atoms with van der Waals surface area (Å²) in [6.45, 7) is 0. The maximum Gasteiger partial charge on any atom is 0.256 e. The fraction of sp³-hybridized carbons (Fsp3) is 0.182. The Balaban J connectivity index is 2.90. The van der Waals surface area contributed by atoms with Gasteiger partial charge in [0.15, 0.2) is 11.5 Å². The largest absolute Gasteiger partial charge is 0.493 e. The molecule has 0 bridgehead atoms. The van der Waals surface area contributed by atoms with Gasteiger partial charge in [-0.25, -0.2) is 0 Å². The van der Waals surface area contributed by atoms with Crippen LogP contribution in [0.15, 0.2) is 28.3 Å². The highest BCUT2D eigenvalue weighted by Gasteiger charge is 2.11. The van der Waals surface area contributed by atoms with E-state index in [1.54, 1.807) is 6.07 Å². The van der Waals surface area contributed by atoms with Crippen LogP contribution in [0.3, 0.4) is 0 Å². The van der Waals surface area contributed by atoms with Crippen molar-refractivity contribution < 1.29 is 9.47 Å². The lowest BCUT2D eigenvalue weighted by molar-refractivity contribution is 0.356. The molecule has 2 rings (SSSR count). The zero-order valence-corrected chi connectivity index (χ0v) is 9.31. The fourth-order valence-electron chi connectivity index (χ4n) is 1.64. The number of methoxy groups -OCH3 is 2. The summed E-state index contributed by atoms with van der Waals surface area (Å²) < 4.78 is 10.2. The van der Waals surface area contributed by atoms with Crippen molar-refractivity contribution in [2.45, 2.75) is 0 Å². The van der Waals surface area contributed by atoms with Crippen molar-refractivity contribution in [3.05, 3.63) is 33.6 Å². The van der Waals surface area contributed by atoms with Crippen molar-refractivity contribution in [1.29, 1.82) is 0 Å². The van der Waals surface area contributed by atoms with E-state index < -0.39 is 0 Å². The van der Waals surface area contributed by atoms with Gasteiger partial charge in [0.2, 0.25) is 0 Å². The van der Waals surface area contributed by atoms with Crippen molar-refractivity contribution >= 4 is 16.5 Å². The second-order valence-electron chi connectivity index (χ2n) is 3.35. The smallest absolute Gasteiger partial charge is 0.256 e. The van der Waals surface area contributed by atoms with Gasteiger partial charge in [-0.2, -0.15) is 0 Å². The number of ether oxygens (including phenoxy) is 2. The van der Waals surface area contributed by atoms with Gasteiger partial charge < -0.3 is 14.5 Å². The Labute approximate surface area is 96.1 Å². The summed E-state index contributed by atoms with van der Waals surface area (Å²) in [4.78, 5) is 24.7. The third-order valence-electron chi connectivity index (χ3n) is 2.48. The number of nitrogens with zero attached hydrogens (tertiary/aromatic N) is 1. The quantitative estimate of drug-likeness (QED) is 0.823. The number of nitrogens with one attached hydrogen (secondary N) is 1. The summed E-state index contributed by atoms with van der Waals surface area (Å²) in [5, 5.41) is 3.62. The third-order valence-corrected chi connectivity index (χ3v) is 2.48. The second-order valence-corrected chi connectivity index (χ2v) is 3.35. The molecule has 1 N–H and O–H groups in total. The molecule has 1 heterocycles. The van der Waals surface area contributed by atoms with Gasteiger partial charge in [-0.05, 0) is 17.3 Å². The first-order chi connectivity index (χ1) is 8.21. The van der Waals surface area contributed by atoms with Gasteiger partial charge in [-0.1, -0.05) is 0 Å². The molecule has 0 spiro atoms. The molecular formula is C11H10N2O4. The van der Waals surface area contributed by atoms with Crippen LogP contribution in [0.4, 0.5) is 5.69 Å². The number of benzene rings is 1. The number of rotatable bonds is 3. The third kappa shape index (κ3) is 1.73. The van der Waals surface area contributed by atoms with E-state index in [0.717, 1.165) is 0 Å². The van der Waals surface area contributed by atoms with Crippen molar-refractivity contribution in [1.82, 2.24) is 4.98 Å². The van der Waals surface area contributed by atoms with Crippen molar-refractivity contribution in [3.8, 4) is 11.5 Å². The molecule has 1 aromatic heterocycles. The van der Waals surface area contributed by atoms with Crippen molar-refractivity contribution in [2.75, 3.05) is 14.2 Å². The topological polar surface area (TPSA) is 80.8 Å². The van der Waals surface area contributed by atoms with Crippen LogP contribution < -0.4 is 15.0 Å². The molecule has 0 saturated carbocycles. The predicted molar refractivity (Wildman–Crippen MR) is 63.1 cm³/mol. The second kappa shape index (κ2) is 4.25. The molecule has 0 atom stereocenters. The van der Waals surface area contributed by atoms with Crippen LogP contribution in [0.5, 0.6) is 11.5 Å². The molecule has 0 aliphatic heterocycles. The minimum absolute atomic E-state index is 0.153. The predicted octanol–water partition coefficient (Wildman–Crippen LogP) is 1.94. The van der Waals surface area contributed by atoms with Gasteiger partial charge in [0.05, 0.1) is 19.6 Å². The lowest BCUT2D eigenvalue weighted by Gasteiger charge is -2.09. The molecule has 2 aromatic rings. The average Bonchev–Trinajstić information content (AvgIpc) is 2.38. The monoisotopic (exact) mass is 234 g/mol. The van der Waals surface area contributed by atoms with Crippen LogP contribution >= 0.6 is 0 Å². The molecule has 1 aromatic carbocycles. The summed E-state index contributed by atoms with van der Waals surface area (Å²) >= 11 is 0. The van der Waals surface area contributed by atoms with Crippen molar-refractivity contribution in [3.63, 3.8) is 0 Å². The van der Waals surface area contributed by atoms with Gasteiger partial charge in [0.1, 0.15) is 5.69 Å². The summed E-state index contributed by atoms with van der Waals surface area (Å²) in [5.41, 5.74) is -0.158. The molecule has 88 valence electrons. The van der Waals surface area contributed by atoms with Gasteiger partial charge in [-0.3, -0.25) is 4.79 Å². The molecule has 0 aliphatic carbocycles. The lowest BCUT2D eigenvalue weighted by Crippen LogP contribution is -2.05. The van der Waals surface area contributed by atoms with Crippen LogP contribution in [0, 0.1) is 4.91 Å². The molecule has 0 saturated heterocycles. The molecule has 0 fully saturated rings. The van der Waals surface area contributed by atoms with Gasteiger partial charge in [0.25, 0.3) is 5.56 Å². The molecule has 6 nitrogen and oxygen atoms in total. The van der Waals surface area contributed by atoms with Crippen LogP contribution in [0.2, 0.25) is 0 Å². The van der Waals surface area contributed by atoms with E-state index in [9.17, 15) is 9.70 Å². The first-order valence-electron chi connectivity index (χ1n) is 4.82. The number of H-pyrrole nitrogens is 1. The number of aromatic nitrogens is 1. The van der Waals surface area contributed by atoms with E-state index in [4.69, 9.17) is 9.47 Å². The normalized spacial score (nSPS) is 10.2. The minimum Gasteiger partial charge on any atom is -0.493 e. The van der Waals surface area contributed by atoms with Gasteiger partial charge in [-0.15, -0.1) is 4.91 Å². The maximum atomic E-state index is 11.6. The van der Waals surface area contributed by atoms with E-state index in [2.05, 4.69) is 10.2 Å². The highest BCUT2D eigenvalue weighted by Crippen LogP contribution is 2.34. The summed E-state index contributed by atoms with van der Waals surface area (Å²) in [7, 11) is 2.95. The van der Waals surface area contributed by atoms with E-state index in [-0.39, 0.29) is 11.2 Å².